The second-order valence-electron chi connectivity index (χ2n) is 13.4. The van der Waals surface area contributed by atoms with E-state index in [1.807, 2.05) is 35.0 Å². The van der Waals surface area contributed by atoms with Crippen LogP contribution in [0.4, 0.5) is 10.3 Å². The molecule has 0 bridgehead atoms. The van der Waals surface area contributed by atoms with Gasteiger partial charge in [-0.15, -0.1) is 22.7 Å². The van der Waals surface area contributed by atoms with Crippen LogP contribution >= 0.6 is 69.1 Å². The van der Waals surface area contributed by atoms with Crippen molar-refractivity contribution in [3.63, 3.8) is 0 Å². The van der Waals surface area contributed by atoms with E-state index in [2.05, 4.69) is 14.8 Å². The van der Waals surface area contributed by atoms with Gasteiger partial charge in [-0.05, 0) is 78.9 Å². The molecule has 0 N–H and O–H groups in total. The lowest BCUT2D eigenvalue weighted by molar-refractivity contribution is 0.384. The number of anilines is 2. The first-order valence-corrected chi connectivity index (χ1v) is 24.5. The Morgan fingerprint density at radius 2 is 0.967 bits per heavy atom. The highest BCUT2D eigenvalue weighted by Gasteiger charge is 2.31. The summed E-state index contributed by atoms with van der Waals surface area (Å²) >= 11 is 27.0. The number of sulfonamides is 2. The molecule has 0 unspecified atom stereocenters. The van der Waals surface area contributed by atoms with Crippen LogP contribution in [0.1, 0.15) is 0 Å². The van der Waals surface area contributed by atoms with Gasteiger partial charge < -0.3 is 19.3 Å². The number of hydrogen-bond acceptors (Lipinski definition) is 12. The minimum atomic E-state index is -3.54. The molecular weight excluding hydrogens is 931 g/mol. The van der Waals surface area contributed by atoms with E-state index in [0.29, 0.717) is 83.9 Å². The largest absolute Gasteiger partial charge is 0.497 e. The Hall–Kier alpha value is -3.68. The first-order chi connectivity index (χ1) is 28.8. The number of thiazole rings is 2. The Bertz CT molecular complexity index is 2650. The molecule has 0 spiro atoms. The van der Waals surface area contributed by atoms with Crippen LogP contribution in [0.5, 0.6) is 11.5 Å². The maximum atomic E-state index is 12.9. The molecule has 4 heterocycles. The van der Waals surface area contributed by atoms with E-state index in [0.717, 1.165) is 32.8 Å². The summed E-state index contributed by atoms with van der Waals surface area (Å²) in [5, 5.41) is 7.77. The molecule has 8 rings (SSSR count). The lowest BCUT2D eigenvalue weighted by atomic mass is 10.1. The molecule has 60 heavy (non-hydrogen) atoms. The summed E-state index contributed by atoms with van der Waals surface area (Å²) in [5.74, 6) is 1.41. The summed E-state index contributed by atoms with van der Waals surface area (Å²) in [4.78, 5) is 14.2. The zero-order valence-electron chi connectivity index (χ0n) is 32.2. The molecule has 2 aliphatic rings. The fourth-order valence-electron chi connectivity index (χ4n) is 6.52. The predicted octanol–water partition coefficient (Wildman–Crippen LogP) is 9.27. The number of methoxy groups -OCH3 is 2. The highest BCUT2D eigenvalue weighted by molar-refractivity contribution is 7.89. The van der Waals surface area contributed by atoms with Gasteiger partial charge in [-0.2, -0.15) is 8.61 Å². The Kier molecular flexibility index (Phi) is 14.2. The Morgan fingerprint density at radius 1 is 0.533 bits per heavy atom. The van der Waals surface area contributed by atoms with Gasteiger partial charge in [0.25, 0.3) is 0 Å². The standard InChI is InChI=1S/C21H22ClN3O4S2.C19H16Cl3N3O2S2/c1-28-16-5-8-18(20(13-16)29-2)19-14-30-21(23-19)24-9-11-25(12-10-24)31(26,27)17-6-3-15(22)4-7-17;20-13-1-4-15(5-2-13)29(26,27)25-9-7-24(8-10-25)19-23-18(12-28-19)16-6-3-14(21)11-17(16)22/h3-8,13-14H,9-12H2,1-2H3;1-6,11-12H,7-10H2. The number of piperazine rings is 2. The second-order valence-corrected chi connectivity index (χ2v) is 20.7. The van der Waals surface area contributed by atoms with Crippen LogP contribution < -0.4 is 19.3 Å². The Balaban J connectivity index is 0.000000182. The van der Waals surface area contributed by atoms with Gasteiger partial charge in [-0.3, -0.25) is 0 Å². The molecule has 12 nitrogen and oxygen atoms in total. The van der Waals surface area contributed by atoms with Crippen molar-refractivity contribution in [2.75, 3.05) is 76.4 Å². The van der Waals surface area contributed by atoms with E-state index in [1.54, 1.807) is 62.8 Å². The van der Waals surface area contributed by atoms with E-state index in [1.165, 1.54) is 43.4 Å². The third-order valence-electron chi connectivity index (χ3n) is 9.80. The minimum absolute atomic E-state index is 0.254. The normalized spacial score (nSPS) is 15.4. The van der Waals surface area contributed by atoms with Gasteiger partial charge in [0, 0.05) is 95.4 Å². The Morgan fingerprint density at radius 3 is 1.40 bits per heavy atom. The average molecular weight is 969 g/mol. The SMILES string of the molecule is COc1ccc(-c2csc(N3CCN(S(=O)(=O)c4ccc(Cl)cc4)CC3)n2)c(OC)c1.O=S(=O)(c1ccc(Cl)cc1)N1CCN(c2nc(-c3ccc(Cl)cc3Cl)cs2)CC1. The van der Waals surface area contributed by atoms with Crippen molar-refractivity contribution in [3.05, 3.63) is 116 Å². The van der Waals surface area contributed by atoms with Crippen molar-refractivity contribution in [1.82, 2.24) is 18.6 Å². The van der Waals surface area contributed by atoms with E-state index in [-0.39, 0.29) is 9.79 Å². The maximum Gasteiger partial charge on any atom is 0.243 e. The van der Waals surface area contributed by atoms with Crippen molar-refractivity contribution in [3.8, 4) is 34.0 Å². The molecule has 2 aromatic heterocycles. The predicted molar refractivity (Wildman–Crippen MR) is 243 cm³/mol. The number of aromatic nitrogens is 2. The number of ether oxygens (including phenoxy) is 2. The summed E-state index contributed by atoms with van der Waals surface area (Å²) in [5.41, 5.74) is 3.30. The van der Waals surface area contributed by atoms with Crippen molar-refractivity contribution >= 4 is 99.4 Å². The van der Waals surface area contributed by atoms with E-state index in [4.69, 9.17) is 60.9 Å². The zero-order chi connectivity index (χ0) is 42.6. The third kappa shape index (κ3) is 9.99. The van der Waals surface area contributed by atoms with Crippen LogP contribution in [0, 0.1) is 0 Å². The molecule has 20 heteroatoms. The molecule has 2 fully saturated rings. The molecule has 0 radical (unpaired) electrons. The van der Waals surface area contributed by atoms with Crippen LogP contribution in [-0.2, 0) is 20.0 Å². The fourth-order valence-corrected chi connectivity index (χ4v) is 11.9. The highest BCUT2D eigenvalue weighted by Crippen LogP contribution is 2.37. The van der Waals surface area contributed by atoms with Gasteiger partial charge in [0.1, 0.15) is 11.5 Å². The van der Waals surface area contributed by atoms with Gasteiger partial charge in [0.15, 0.2) is 10.3 Å². The third-order valence-corrected chi connectivity index (χ3v) is 16.5. The molecule has 2 saturated heterocycles. The van der Waals surface area contributed by atoms with Crippen molar-refractivity contribution in [1.29, 1.82) is 0 Å². The molecule has 0 saturated carbocycles. The smallest absolute Gasteiger partial charge is 0.243 e. The summed E-state index contributed by atoms with van der Waals surface area (Å²) in [6.45, 7) is 3.84. The molecule has 0 atom stereocenters. The zero-order valence-corrected chi connectivity index (χ0v) is 38.5. The van der Waals surface area contributed by atoms with Crippen molar-refractivity contribution in [2.45, 2.75) is 9.79 Å². The average Bonchev–Trinajstić information content (AvgIpc) is 3.96. The quantitative estimate of drug-likeness (QED) is 0.131. The van der Waals surface area contributed by atoms with Crippen LogP contribution in [0.3, 0.4) is 0 Å². The summed E-state index contributed by atoms with van der Waals surface area (Å²) in [6.07, 6.45) is 0. The lowest BCUT2D eigenvalue weighted by Gasteiger charge is -2.33. The number of nitrogens with zero attached hydrogens (tertiary/aromatic N) is 6. The van der Waals surface area contributed by atoms with Gasteiger partial charge in [0.2, 0.25) is 20.0 Å². The maximum absolute atomic E-state index is 12.9. The fraction of sp³-hybridized carbons (Fsp3) is 0.250. The van der Waals surface area contributed by atoms with Gasteiger partial charge >= 0.3 is 0 Å². The molecule has 4 aromatic carbocycles. The van der Waals surface area contributed by atoms with Crippen LogP contribution in [0.15, 0.2) is 105 Å². The summed E-state index contributed by atoms with van der Waals surface area (Å²) < 4.78 is 65.2. The molecule has 316 valence electrons. The molecule has 6 aromatic rings. The number of rotatable bonds is 10. The first kappa shape index (κ1) is 44.4. The van der Waals surface area contributed by atoms with Gasteiger partial charge in [0.05, 0.1) is 40.4 Å². The summed E-state index contributed by atoms with van der Waals surface area (Å²) in [6, 6.07) is 23.5. The number of benzene rings is 4. The van der Waals surface area contributed by atoms with E-state index in [9.17, 15) is 16.8 Å². The van der Waals surface area contributed by atoms with Crippen molar-refractivity contribution < 1.29 is 26.3 Å². The summed E-state index contributed by atoms with van der Waals surface area (Å²) in [7, 11) is -3.84. The van der Waals surface area contributed by atoms with Gasteiger partial charge in [-0.1, -0.05) is 46.4 Å². The van der Waals surface area contributed by atoms with Crippen LogP contribution in [0.25, 0.3) is 22.5 Å². The van der Waals surface area contributed by atoms with Crippen LogP contribution in [-0.4, -0.2) is 102 Å². The van der Waals surface area contributed by atoms with Crippen LogP contribution in [0.2, 0.25) is 20.1 Å². The first-order valence-electron chi connectivity index (χ1n) is 18.4. The Labute approximate surface area is 377 Å². The number of halogens is 4. The minimum Gasteiger partial charge on any atom is -0.497 e. The number of hydrogen-bond donors (Lipinski definition) is 0. The van der Waals surface area contributed by atoms with Crippen molar-refractivity contribution in [2.24, 2.45) is 0 Å². The van der Waals surface area contributed by atoms with E-state index < -0.39 is 20.0 Å². The molecule has 0 aliphatic carbocycles. The molecule has 2 aliphatic heterocycles. The monoisotopic (exact) mass is 966 g/mol. The molecular formula is C40H38Cl4N6O6S4. The molecule has 0 amide bonds. The topological polar surface area (TPSA) is 125 Å². The second kappa shape index (κ2) is 19.2. The highest BCUT2D eigenvalue weighted by atomic mass is 35.5. The van der Waals surface area contributed by atoms with Gasteiger partial charge in [-0.25, -0.2) is 26.8 Å². The van der Waals surface area contributed by atoms with E-state index >= 15 is 0 Å². The lowest BCUT2D eigenvalue weighted by Crippen LogP contribution is -2.48.